The maximum absolute atomic E-state index is 12.6. The van der Waals surface area contributed by atoms with E-state index in [1.807, 2.05) is 29.2 Å². The topological polar surface area (TPSA) is 80.1 Å². The predicted molar refractivity (Wildman–Crippen MR) is 87.7 cm³/mol. The molecule has 1 saturated heterocycles. The van der Waals surface area contributed by atoms with Gasteiger partial charge in [0, 0.05) is 25.9 Å². The second kappa shape index (κ2) is 7.25. The highest BCUT2D eigenvalue weighted by atomic mass is 16.2. The van der Waals surface area contributed by atoms with Crippen molar-refractivity contribution in [1.29, 1.82) is 0 Å². The fourth-order valence-corrected chi connectivity index (χ4v) is 2.99. The van der Waals surface area contributed by atoms with Crippen LogP contribution >= 0.6 is 0 Å². The van der Waals surface area contributed by atoms with E-state index in [9.17, 15) is 9.59 Å². The lowest BCUT2D eigenvalue weighted by Gasteiger charge is -2.24. The van der Waals surface area contributed by atoms with E-state index in [-0.39, 0.29) is 24.4 Å². The van der Waals surface area contributed by atoms with Gasteiger partial charge in [-0.05, 0) is 31.0 Å². The Morgan fingerprint density at radius 2 is 2.21 bits per heavy atom. The molecule has 7 heteroatoms. The van der Waals surface area contributed by atoms with Crippen LogP contribution < -0.4 is 5.32 Å². The van der Waals surface area contributed by atoms with Crippen LogP contribution in [0.5, 0.6) is 0 Å². The van der Waals surface area contributed by atoms with Crippen molar-refractivity contribution in [3.8, 4) is 0 Å². The number of hydrogen-bond donors (Lipinski definition) is 1. The van der Waals surface area contributed by atoms with Crippen LogP contribution in [-0.4, -0.2) is 38.0 Å². The highest BCUT2D eigenvalue weighted by Crippen LogP contribution is 2.31. The monoisotopic (exact) mass is 327 g/mol. The van der Waals surface area contributed by atoms with Gasteiger partial charge in [0.15, 0.2) is 0 Å². The number of hydrogen-bond acceptors (Lipinski definition) is 4. The second-order valence-corrected chi connectivity index (χ2v) is 5.91. The summed E-state index contributed by atoms with van der Waals surface area (Å²) in [5, 5.41) is 6.84. The molecule has 3 rings (SSSR count). The third-order valence-corrected chi connectivity index (χ3v) is 4.12. The highest BCUT2D eigenvalue weighted by molar-refractivity contribution is 5.76. The first-order valence-corrected chi connectivity index (χ1v) is 8.10. The van der Waals surface area contributed by atoms with E-state index < -0.39 is 0 Å². The average molecular weight is 327 g/mol. The van der Waals surface area contributed by atoms with E-state index in [4.69, 9.17) is 0 Å². The molecule has 2 aromatic heterocycles. The Bertz CT molecular complexity index is 714. The number of carbonyl (C=O) groups is 2. The molecule has 0 radical (unpaired) electrons. The zero-order valence-corrected chi connectivity index (χ0v) is 13.7. The Morgan fingerprint density at radius 1 is 1.33 bits per heavy atom. The predicted octanol–water partition coefficient (Wildman–Crippen LogP) is 1.28. The van der Waals surface area contributed by atoms with Gasteiger partial charge in [-0.3, -0.25) is 19.3 Å². The van der Waals surface area contributed by atoms with Crippen molar-refractivity contribution in [2.75, 3.05) is 6.54 Å². The average Bonchev–Trinajstić information content (AvgIpc) is 3.24. The smallest absolute Gasteiger partial charge is 0.244 e. The first kappa shape index (κ1) is 16.2. The molecule has 3 heterocycles. The van der Waals surface area contributed by atoms with Gasteiger partial charge in [0.1, 0.15) is 6.54 Å². The Labute approximate surface area is 140 Å². The summed E-state index contributed by atoms with van der Waals surface area (Å²) >= 11 is 0. The molecule has 1 N–H and O–H groups in total. The number of rotatable bonds is 5. The number of pyridine rings is 1. The molecule has 0 aliphatic carbocycles. The standard InChI is InChI=1S/C17H21N5O2/c1-13(23)18-11-14-5-2-6-15(20-14)16-7-3-10-22(16)17(24)12-21-9-4-8-19-21/h2,4-6,8-9,16H,3,7,10-12H2,1H3,(H,18,23). The number of amides is 2. The summed E-state index contributed by atoms with van der Waals surface area (Å²) in [5.41, 5.74) is 1.68. The number of nitrogens with zero attached hydrogens (tertiary/aromatic N) is 4. The molecular weight excluding hydrogens is 306 g/mol. The quantitative estimate of drug-likeness (QED) is 0.897. The Morgan fingerprint density at radius 3 is 2.96 bits per heavy atom. The van der Waals surface area contributed by atoms with Crippen LogP contribution in [0.15, 0.2) is 36.7 Å². The summed E-state index contributed by atoms with van der Waals surface area (Å²) < 4.78 is 1.64. The van der Waals surface area contributed by atoms with Crippen molar-refractivity contribution < 1.29 is 9.59 Å². The van der Waals surface area contributed by atoms with Crippen molar-refractivity contribution in [3.05, 3.63) is 48.0 Å². The molecule has 1 fully saturated rings. The molecule has 0 bridgehead atoms. The van der Waals surface area contributed by atoms with Gasteiger partial charge in [0.2, 0.25) is 11.8 Å². The van der Waals surface area contributed by atoms with E-state index in [2.05, 4.69) is 15.4 Å². The Balaban J connectivity index is 1.71. The summed E-state index contributed by atoms with van der Waals surface area (Å²) in [6.07, 6.45) is 5.33. The first-order valence-electron chi connectivity index (χ1n) is 8.10. The molecule has 1 atom stereocenters. The summed E-state index contributed by atoms with van der Waals surface area (Å²) in [5.74, 6) is -0.0330. The summed E-state index contributed by atoms with van der Waals surface area (Å²) in [7, 11) is 0. The van der Waals surface area contributed by atoms with E-state index in [1.54, 1.807) is 17.1 Å². The SMILES string of the molecule is CC(=O)NCc1cccc(C2CCCN2C(=O)Cn2cccn2)n1. The van der Waals surface area contributed by atoms with Gasteiger partial charge >= 0.3 is 0 Å². The van der Waals surface area contributed by atoms with Crippen molar-refractivity contribution in [2.45, 2.75) is 38.9 Å². The van der Waals surface area contributed by atoms with Crippen molar-refractivity contribution in [2.24, 2.45) is 0 Å². The normalized spacial score (nSPS) is 17.0. The fourth-order valence-electron chi connectivity index (χ4n) is 2.99. The number of nitrogens with one attached hydrogen (secondary N) is 1. The van der Waals surface area contributed by atoms with E-state index in [1.165, 1.54) is 6.92 Å². The maximum atomic E-state index is 12.6. The van der Waals surface area contributed by atoms with Crippen molar-refractivity contribution >= 4 is 11.8 Å². The molecule has 126 valence electrons. The molecule has 1 aliphatic rings. The third kappa shape index (κ3) is 3.79. The summed E-state index contributed by atoms with van der Waals surface area (Å²) in [6, 6.07) is 7.55. The molecule has 2 amide bonds. The van der Waals surface area contributed by atoms with Crippen LogP contribution in [0.2, 0.25) is 0 Å². The lowest BCUT2D eigenvalue weighted by atomic mass is 10.1. The second-order valence-electron chi connectivity index (χ2n) is 5.91. The van der Waals surface area contributed by atoms with Gasteiger partial charge in [-0.15, -0.1) is 0 Å². The summed E-state index contributed by atoms with van der Waals surface area (Å²) in [6.45, 7) is 2.87. The van der Waals surface area contributed by atoms with Gasteiger partial charge < -0.3 is 10.2 Å². The molecule has 0 saturated carbocycles. The minimum Gasteiger partial charge on any atom is -0.351 e. The maximum Gasteiger partial charge on any atom is 0.244 e. The van der Waals surface area contributed by atoms with E-state index >= 15 is 0 Å². The van der Waals surface area contributed by atoms with Crippen LogP contribution in [0.1, 0.15) is 37.2 Å². The van der Waals surface area contributed by atoms with Gasteiger partial charge in [-0.2, -0.15) is 5.10 Å². The van der Waals surface area contributed by atoms with Gasteiger partial charge in [0.25, 0.3) is 0 Å². The fraction of sp³-hybridized carbons (Fsp3) is 0.412. The minimum absolute atomic E-state index is 0.00894. The lowest BCUT2D eigenvalue weighted by molar-refractivity contribution is -0.133. The van der Waals surface area contributed by atoms with Crippen molar-refractivity contribution in [3.63, 3.8) is 0 Å². The molecule has 1 unspecified atom stereocenters. The highest BCUT2D eigenvalue weighted by Gasteiger charge is 2.31. The van der Waals surface area contributed by atoms with E-state index in [0.29, 0.717) is 6.54 Å². The summed E-state index contributed by atoms with van der Waals surface area (Å²) in [4.78, 5) is 30.1. The number of aromatic nitrogens is 3. The third-order valence-electron chi connectivity index (χ3n) is 4.12. The van der Waals surface area contributed by atoms with Crippen molar-refractivity contribution in [1.82, 2.24) is 25.0 Å². The van der Waals surface area contributed by atoms with Crippen LogP contribution in [0, 0.1) is 0 Å². The van der Waals surface area contributed by atoms with Gasteiger partial charge in [-0.1, -0.05) is 6.07 Å². The zero-order chi connectivity index (χ0) is 16.9. The Kier molecular flexibility index (Phi) is 4.88. The molecular formula is C17H21N5O2. The van der Waals surface area contributed by atoms with Crippen LogP contribution in [0.3, 0.4) is 0 Å². The molecule has 0 aromatic carbocycles. The first-order chi connectivity index (χ1) is 11.6. The molecule has 24 heavy (non-hydrogen) atoms. The zero-order valence-electron chi connectivity index (χ0n) is 13.7. The van der Waals surface area contributed by atoms with E-state index in [0.717, 1.165) is 30.8 Å². The van der Waals surface area contributed by atoms with Gasteiger partial charge in [-0.25, -0.2) is 0 Å². The van der Waals surface area contributed by atoms with Gasteiger partial charge in [0.05, 0.1) is 24.0 Å². The number of likely N-dealkylation sites (tertiary alicyclic amines) is 1. The van der Waals surface area contributed by atoms with Crippen LogP contribution in [0.25, 0.3) is 0 Å². The number of carbonyl (C=O) groups excluding carboxylic acids is 2. The molecule has 7 nitrogen and oxygen atoms in total. The molecule has 1 aliphatic heterocycles. The largest absolute Gasteiger partial charge is 0.351 e. The van der Waals surface area contributed by atoms with Crippen LogP contribution in [-0.2, 0) is 22.7 Å². The molecule has 0 spiro atoms. The Hall–Kier alpha value is -2.70. The minimum atomic E-state index is -0.0842. The molecule has 2 aromatic rings. The van der Waals surface area contributed by atoms with Crippen LogP contribution in [0.4, 0.5) is 0 Å². The lowest BCUT2D eigenvalue weighted by Crippen LogP contribution is -2.34.